The number of benzene rings is 3. The van der Waals surface area contributed by atoms with E-state index in [1.807, 2.05) is 18.2 Å². The lowest BCUT2D eigenvalue weighted by Gasteiger charge is -2.31. The van der Waals surface area contributed by atoms with Crippen LogP contribution >= 0.6 is 0 Å². The largest absolute Gasteiger partial charge is 0.508 e. The Hall–Kier alpha value is -2.94. The summed E-state index contributed by atoms with van der Waals surface area (Å²) in [6, 6.07) is 12.1. The molecule has 3 nitrogen and oxygen atoms in total. The Kier molecular flexibility index (Phi) is 7.29. The Morgan fingerprint density at radius 1 is 0.432 bits per heavy atom. The summed E-state index contributed by atoms with van der Waals surface area (Å²) in [7, 11) is 0. The second-order valence-electron chi connectivity index (χ2n) is 13.9. The smallest absolute Gasteiger partial charge is 0.119 e. The van der Waals surface area contributed by atoms with Crippen molar-refractivity contribution in [3.63, 3.8) is 0 Å². The molecule has 0 radical (unpaired) electrons. The normalized spacial score (nSPS) is 12.9. The SMILES string of the molecule is Cc1cc(O)c(C(C)(C)C)cc1C(c1cc(C(C)(C)C)c(O)cc1C)c1cc(C(C)(C)C)c(O)cc1C. The van der Waals surface area contributed by atoms with Crippen molar-refractivity contribution in [2.45, 2.75) is 105 Å². The van der Waals surface area contributed by atoms with E-state index < -0.39 is 0 Å². The highest BCUT2D eigenvalue weighted by atomic mass is 16.3. The van der Waals surface area contributed by atoms with Crippen molar-refractivity contribution >= 4 is 0 Å². The monoisotopic (exact) mass is 502 g/mol. The molecule has 0 heterocycles. The van der Waals surface area contributed by atoms with Gasteiger partial charge in [0.25, 0.3) is 0 Å². The number of hydrogen-bond donors (Lipinski definition) is 3. The molecular formula is C34H46O3. The maximum atomic E-state index is 10.9. The third kappa shape index (κ3) is 5.66. The van der Waals surface area contributed by atoms with Crippen molar-refractivity contribution in [3.05, 3.63) is 86.5 Å². The minimum absolute atomic E-state index is 0.148. The highest BCUT2D eigenvalue weighted by Gasteiger charge is 2.30. The Bertz CT molecular complexity index is 1160. The minimum Gasteiger partial charge on any atom is -0.508 e. The lowest BCUT2D eigenvalue weighted by Crippen LogP contribution is -2.18. The van der Waals surface area contributed by atoms with Crippen LogP contribution in [0.15, 0.2) is 36.4 Å². The van der Waals surface area contributed by atoms with Crippen molar-refractivity contribution < 1.29 is 15.3 Å². The standard InChI is InChI=1S/C34H46O3/c1-19-13-28(35)25(32(4,5)6)16-22(19)31(23-17-26(33(7,8)9)29(36)14-20(23)2)24-18-27(34(10,11)12)30(37)15-21(24)3/h13-18,31,35-37H,1-12H3. The molecule has 0 fully saturated rings. The Morgan fingerprint density at radius 3 is 0.838 bits per heavy atom. The van der Waals surface area contributed by atoms with E-state index in [2.05, 4.69) is 101 Å². The maximum absolute atomic E-state index is 10.9. The molecule has 0 aliphatic rings. The maximum Gasteiger partial charge on any atom is 0.119 e. The van der Waals surface area contributed by atoms with Crippen LogP contribution in [0.25, 0.3) is 0 Å². The van der Waals surface area contributed by atoms with Gasteiger partial charge in [-0.25, -0.2) is 0 Å². The van der Waals surface area contributed by atoms with E-state index >= 15 is 0 Å². The zero-order valence-corrected chi connectivity index (χ0v) is 24.9. The van der Waals surface area contributed by atoms with E-state index in [1.165, 1.54) is 0 Å². The van der Waals surface area contributed by atoms with Gasteiger partial charge in [-0.3, -0.25) is 0 Å². The molecule has 3 aromatic rings. The van der Waals surface area contributed by atoms with E-state index in [4.69, 9.17) is 0 Å². The molecule has 3 N–H and O–H groups in total. The fourth-order valence-corrected chi connectivity index (χ4v) is 5.37. The second-order valence-corrected chi connectivity index (χ2v) is 13.9. The summed E-state index contributed by atoms with van der Waals surface area (Å²) < 4.78 is 0. The number of hydrogen-bond acceptors (Lipinski definition) is 3. The lowest BCUT2D eigenvalue weighted by atomic mass is 9.73. The summed E-state index contributed by atoms with van der Waals surface area (Å²) in [5, 5.41) is 32.7. The van der Waals surface area contributed by atoms with Crippen LogP contribution in [0.3, 0.4) is 0 Å². The van der Waals surface area contributed by atoms with Gasteiger partial charge in [-0.05, 0) is 105 Å². The van der Waals surface area contributed by atoms with Gasteiger partial charge in [0, 0.05) is 5.92 Å². The van der Waals surface area contributed by atoms with Crippen molar-refractivity contribution in [1.82, 2.24) is 0 Å². The molecule has 3 aromatic carbocycles. The van der Waals surface area contributed by atoms with Gasteiger partial charge in [0.2, 0.25) is 0 Å². The quantitative estimate of drug-likeness (QED) is 0.314. The number of phenolic OH excluding ortho intramolecular Hbond substituents is 3. The molecule has 3 heteroatoms. The van der Waals surface area contributed by atoms with Gasteiger partial charge in [0.15, 0.2) is 0 Å². The van der Waals surface area contributed by atoms with Crippen molar-refractivity contribution in [2.24, 2.45) is 0 Å². The molecule has 200 valence electrons. The predicted molar refractivity (Wildman–Crippen MR) is 156 cm³/mol. The van der Waals surface area contributed by atoms with Crippen LogP contribution in [0.2, 0.25) is 0 Å². The van der Waals surface area contributed by atoms with E-state index in [1.54, 1.807) is 0 Å². The zero-order chi connectivity index (χ0) is 28.2. The molecule has 0 aromatic heterocycles. The molecule has 0 aliphatic heterocycles. The van der Waals surface area contributed by atoms with E-state index in [9.17, 15) is 15.3 Å². The average molecular weight is 503 g/mol. The van der Waals surface area contributed by atoms with Gasteiger partial charge in [-0.1, -0.05) is 80.5 Å². The number of phenols is 3. The zero-order valence-electron chi connectivity index (χ0n) is 24.9. The lowest BCUT2D eigenvalue weighted by molar-refractivity contribution is 0.445. The summed E-state index contributed by atoms with van der Waals surface area (Å²) in [5.74, 6) is 0.777. The van der Waals surface area contributed by atoms with Crippen LogP contribution in [0.5, 0.6) is 17.2 Å². The molecule has 0 saturated carbocycles. The number of rotatable bonds is 3. The second kappa shape index (κ2) is 9.42. The molecular weight excluding hydrogens is 456 g/mol. The van der Waals surface area contributed by atoms with E-state index in [-0.39, 0.29) is 22.2 Å². The van der Waals surface area contributed by atoms with Crippen molar-refractivity contribution in [3.8, 4) is 17.2 Å². The number of aromatic hydroxyl groups is 3. The molecule has 0 spiro atoms. The summed E-state index contributed by atoms with van der Waals surface area (Å²) in [4.78, 5) is 0. The van der Waals surface area contributed by atoms with E-state index in [0.717, 1.165) is 50.1 Å². The van der Waals surface area contributed by atoms with Crippen LogP contribution in [-0.4, -0.2) is 15.3 Å². The molecule has 0 aliphatic carbocycles. The molecule has 0 bridgehead atoms. The Balaban J connectivity index is 2.51. The van der Waals surface area contributed by atoms with Crippen LogP contribution in [0.4, 0.5) is 0 Å². The first kappa shape index (κ1) is 28.6. The van der Waals surface area contributed by atoms with Gasteiger partial charge in [0.05, 0.1) is 0 Å². The highest BCUT2D eigenvalue weighted by Crippen LogP contribution is 2.46. The van der Waals surface area contributed by atoms with Gasteiger partial charge < -0.3 is 15.3 Å². The topological polar surface area (TPSA) is 60.7 Å². The summed E-state index contributed by atoms with van der Waals surface area (Å²) in [6.45, 7) is 25.2. The van der Waals surface area contributed by atoms with Crippen molar-refractivity contribution in [1.29, 1.82) is 0 Å². The summed E-state index contributed by atoms with van der Waals surface area (Å²) in [5.41, 5.74) is 8.35. The van der Waals surface area contributed by atoms with E-state index in [0.29, 0.717) is 17.2 Å². The fourth-order valence-electron chi connectivity index (χ4n) is 5.37. The van der Waals surface area contributed by atoms with Gasteiger partial charge in [-0.2, -0.15) is 0 Å². The molecule has 0 unspecified atom stereocenters. The molecule has 37 heavy (non-hydrogen) atoms. The summed E-state index contributed by atoms with van der Waals surface area (Å²) >= 11 is 0. The van der Waals surface area contributed by atoms with Crippen LogP contribution in [0.1, 0.15) is 118 Å². The van der Waals surface area contributed by atoms with Crippen LogP contribution in [0, 0.1) is 20.8 Å². The number of aryl methyl sites for hydroxylation is 3. The molecule has 0 atom stereocenters. The Morgan fingerprint density at radius 2 is 0.649 bits per heavy atom. The van der Waals surface area contributed by atoms with Crippen LogP contribution in [-0.2, 0) is 16.2 Å². The first-order valence-corrected chi connectivity index (χ1v) is 13.3. The third-order valence-corrected chi connectivity index (χ3v) is 7.51. The molecule has 0 amide bonds. The average Bonchev–Trinajstić information content (AvgIpc) is 2.69. The van der Waals surface area contributed by atoms with Crippen molar-refractivity contribution in [2.75, 3.05) is 0 Å². The highest BCUT2D eigenvalue weighted by molar-refractivity contribution is 5.59. The molecule has 0 saturated heterocycles. The first-order valence-electron chi connectivity index (χ1n) is 13.3. The Labute approximate surface area is 224 Å². The first-order chi connectivity index (χ1) is 16.7. The van der Waals surface area contributed by atoms with Gasteiger partial charge >= 0.3 is 0 Å². The van der Waals surface area contributed by atoms with Gasteiger partial charge in [0.1, 0.15) is 17.2 Å². The predicted octanol–water partition coefficient (Wildman–Crippen LogP) is 8.80. The minimum atomic E-state index is -0.238. The van der Waals surface area contributed by atoms with Gasteiger partial charge in [-0.15, -0.1) is 0 Å². The molecule has 3 rings (SSSR count). The third-order valence-electron chi connectivity index (χ3n) is 7.51. The fraction of sp³-hybridized carbons (Fsp3) is 0.471. The summed E-state index contributed by atoms with van der Waals surface area (Å²) in [6.07, 6.45) is 0. The van der Waals surface area contributed by atoms with Crippen LogP contribution < -0.4 is 0 Å².